The van der Waals surface area contributed by atoms with Gasteiger partial charge in [-0.05, 0) is 50.4 Å². The Morgan fingerprint density at radius 2 is 2.03 bits per heavy atom. The summed E-state index contributed by atoms with van der Waals surface area (Å²) in [5.41, 5.74) is 6.14. The summed E-state index contributed by atoms with van der Waals surface area (Å²) in [6.07, 6.45) is 7.60. The van der Waals surface area contributed by atoms with Gasteiger partial charge in [-0.1, -0.05) is 13.8 Å². The molecule has 1 amide bonds. The number of pyridine rings is 1. The third-order valence-corrected chi connectivity index (χ3v) is 7.96. The van der Waals surface area contributed by atoms with E-state index in [2.05, 4.69) is 40.0 Å². The van der Waals surface area contributed by atoms with Gasteiger partial charge in [0.05, 0.1) is 27.8 Å². The number of piperidine rings is 1. The van der Waals surface area contributed by atoms with Crippen molar-refractivity contribution >= 4 is 22.9 Å². The summed E-state index contributed by atoms with van der Waals surface area (Å²) in [6, 6.07) is 2.13. The molecule has 9 nitrogen and oxygen atoms in total. The first kappa shape index (κ1) is 23.6. The van der Waals surface area contributed by atoms with Crippen LogP contribution in [-0.4, -0.2) is 79.2 Å². The van der Waals surface area contributed by atoms with Gasteiger partial charge in [0.15, 0.2) is 5.65 Å². The second kappa shape index (κ2) is 9.50. The van der Waals surface area contributed by atoms with Crippen molar-refractivity contribution in [2.45, 2.75) is 45.4 Å². The van der Waals surface area contributed by atoms with Gasteiger partial charge in [0.25, 0.3) is 0 Å². The van der Waals surface area contributed by atoms with E-state index < -0.39 is 0 Å². The Hall–Kier alpha value is -3.11. The Kier molecular flexibility index (Phi) is 6.41. The zero-order valence-electron chi connectivity index (χ0n) is 20.9. The minimum atomic E-state index is 0.161. The number of fused-ring (bicyclic) bond motifs is 1. The van der Waals surface area contributed by atoms with Crippen molar-refractivity contribution in [3.8, 4) is 21.8 Å². The Morgan fingerprint density at radius 1 is 1.26 bits per heavy atom. The van der Waals surface area contributed by atoms with Crippen molar-refractivity contribution < 1.29 is 4.79 Å². The molecule has 0 unspecified atom stereocenters. The van der Waals surface area contributed by atoms with Crippen LogP contribution in [0.5, 0.6) is 0 Å². The normalized spacial score (nSPS) is 15.4. The topological polar surface area (TPSA) is 95.3 Å². The van der Waals surface area contributed by atoms with Crippen LogP contribution in [0.2, 0.25) is 0 Å². The molecule has 10 heteroatoms. The van der Waals surface area contributed by atoms with E-state index in [0.717, 1.165) is 59.0 Å². The Bertz CT molecular complexity index is 1340. The molecule has 0 radical (unpaired) electrons. The van der Waals surface area contributed by atoms with Gasteiger partial charge in [0.1, 0.15) is 6.33 Å². The highest BCUT2D eigenvalue weighted by Gasteiger charge is 2.26. The quantitative estimate of drug-likeness (QED) is 0.438. The first-order valence-corrected chi connectivity index (χ1v) is 12.9. The van der Waals surface area contributed by atoms with Crippen LogP contribution in [0.1, 0.15) is 54.7 Å². The maximum atomic E-state index is 12.0. The fraction of sp³-hybridized carbons (Fsp3) is 0.480. The molecule has 4 aromatic rings. The highest BCUT2D eigenvalue weighted by Crippen LogP contribution is 2.40. The molecule has 0 spiro atoms. The van der Waals surface area contributed by atoms with Crippen LogP contribution in [0.4, 0.5) is 0 Å². The molecule has 1 N–H and O–H groups in total. The number of thiazole rings is 1. The summed E-state index contributed by atoms with van der Waals surface area (Å²) in [5, 5.41) is 13.5. The SMILES string of the molecule is Cc1cc(-c2n[nH]c(-c3cnc(C4CCN(CC(=O)N(C)C)CC4)s3)c2C(C)C)cn2ncnc12. The van der Waals surface area contributed by atoms with Crippen LogP contribution in [-0.2, 0) is 4.79 Å². The van der Waals surface area contributed by atoms with E-state index in [-0.39, 0.29) is 11.8 Å². The van der Waals surface area contributed by atoms with Gasteiger partial charge in [-0.2, -0.15) is 10.2 Å². The van der Waals surface area contributed by atoms with Crippen molar-refractivity contribution in [1.29, 1.82) is 0 Å². The van der Waals surface area contributed by atoms with Gasteiger partial charge in [-0.25, -0.2) is 14.5 Å². The molecule has 5 heterocycles. The smallest absolute Gasteiger partial charge is 0.236 e. The lowest BCUT2D eigenvalue weighted by Crippen LogP contribution is -2.40. The van der Waals surface area contributed by atoms with Gasteiger partial charge in [-0.15, -0.1) is 11.3 Å². The van der Waals surface area contributed by atoms with Gasteiger partial charge >= 0.3 is 0 Å². The van der Waals surface area contributed by atoms with E-state index in [4.69, 9.17) is 10.1 Å². The second-order valence-corrected chi connectivity index (χ2v) is 10.9. The summed E-state index contributed by atoms with van der Waals surface area (Å²) >= 11 is 1.76. The van der Waals surface area contributed by atoms with Gasteiger partial charge in [0, 0.05) is 43.5 Å². The number of aromatic nitrogens is 6. The first-order chi connectivity index (χ1) is 16.8. The molecule has 0 atom stereocenters. The van der Waals surface area contributed by atoms with Crippen molar-refractivity contribution in [3.05, 3.63) is 40.9 Å². The monoisotopic (exact) mass is 492 g/mol. The number of H-pyrrole nitrogens is 1. The van der Waals surface area contributed by atoms with Crippen LogP contribution in [0, 0.1) is 6.92 Å². The third kappa shape index (κ3) is 4.60. The van der Waals surface area contributed by atoms with Crippen molar-refractivity contribution in [3.63, 3.8) is 0 Å². The lowest BCUT2D eigenvalue weighted by Gasteiger charge is -2.31. The molecule has 5 rings (SSSR count). The van der Waals surface area contributed by atoms with Crippen LogP contribution in [0.15, 0.2) is 24.8 Å². The standard InChI is InChI=1S/C25H32N8OS/c1-15(2)21-22(18-10-16(3)24-27-14-28-33(24)12-18)29-30-23(21)19-11-26-25(35-19)17-6-8-32(9-7-17)13-20(34)31(4)5/h10-12,14-15,17H,6-9,13H2,1-5H3,(H,29,30). The molecule has 4 aromatic heterocycles. The predicted molar refractivity (Wildman–Crippen MR) is 138 cm³/mol. The first-order valence-electron chi connectivity index (χ1n) is 12.1. The lowest BCUT2D eigenvalue weighted by atomic mass is 9.96. The zero-order chi connectivity index (χ0) is 24.7. The molecule has 1 aliphatic heterocycles. The zero-order valence-corrected chi connectivity index (χ0v) is 21.8. The predicted octanol–water partition coefficient (Wildman–Crippen LogP) is 3.94. The maximum Gasteiger partial charge on any atom is 0.236 e. The van der Waals surface area contributed by atoms with Gasteiger partial charge < -0.3 is 4.90 Å². The molecule has 0 saturated carbocycles. The fourth-order valence-corrected chi connectivity index (χ4v) is 5.90. The van der Waals surface area contributed by atoms with Crippen molar-refractivity contribution in [2.75, 3.05) is 33.7 Å². The summed E-state index contributed by atoms with van der Waals surface area (Å²) < 4.78 is 1.81. The van der Waals surface area contributed by atoms with Gasteiger partial charge in [0.2, 0.25) is 5.91 Å². The van der Waals surface area contributed by atoms with Crippen LogP contribution >= 0.6 is 11.3 Å². The number of aromatic amines is 1. The number of nitrogens with zero attached hydrogens (tertiary/aromatic N) is 7. The summed E-state index contributed by atoms with van der Waals surface area (Å²) in [4.78, 5) is 26.2. The average molecular weight is 493 g/mol. The molecular formula is C25H32N8OS. The number of likely N-dealkylation sites (tertiary alicyclic amines) is 1. The number of likely N-dealkylation sites (N-methyl/N-ethyl adjacent to an activating group) is 1. The van der Waals surface area contributed by atoms with E-state index in [0.29, 0.717) is 12.5 Å². The number of amides is 1. The molecule has 1 aliphatic rings. The molecule has 1 saturated heterocycles. The van der Waals surface area contributed by atoms with Crippen molar-refractivity contribution in [2.24, 2.45) is 0 Å². The van der Waals surface area contributed by atoms with E-state index in [9.17, 15) is 4.79 Å². The number of nitrogens with one attached hydrogen (secondary N) is 1. The molecule has 0 bridgehead atoms. The largest absolute Gasteiger partial charge is 0.348 e. The summed E-state index contributed by atoms with van der Waals surface area (Å²) in [7, 11) is 3.62. The Balaban J connectivity index is 1.38. The van der Waals surface area contributed by atoms with Gasteiger partial charge in [-0.3, -0.25) is 14.8 Å². The Morgan fingerprint density at radius 3 is 2.74 bits per heavy atom. The highest BCUT2D eigenvalue weighted by atomic mass is 32.1. The van der Waals surface area contributed by atoms with Crippen molar-refractivity contribution in [1.82, 2.24) is 39.6 Å². The fourth-order valence-electron chi connectivity index (χ4n) is 4.81. The number of carbonyl (C=O) groups excluding carboxylic acids is 1. The lowest BCUT2D eigenvalue weighted by molar-refractivity contribution is -0.130. The molecule has 184 valence electrons. The van der Waals surface area contributed by atoms with E-state index in [1.165, 1.54) is 10.6 Å². The molecule has 35 heavy (non-hydrogen) atoms. The third-order valence-electron chi connectivity index (χ3n) is 6.78. The number of hydrogen-bond acceptors (Lipinski definition) is 7. The molecule has 1 fully saturated rings. The van der Waals surface area contributed by atoms with E-state index >= 15 is 0 Å². The molecule has 0 aliphatic carbocycles. The van der Waals surface area contributed by atoms with Crippen LogP contribution < -0.4 is 0 Å². The second-order valence-electron chi connectivity index (χ2n) is 9.86. The van der Waals surface area contributed by atoms with Crippen LogP contribution in [0.3, 0.4) is 0 Å². The number of hydrogen-bond donors (Lipinski definition) is 1. The molecular weight excluding hydrogens is 460 g/mol. The van der Waals surface area contributed by atoms with E-state index in [1.54, 1.807) is 22.6 Å². The number of carbonyl (C=O) groups is 1. The minimum absolute atomic E-state index is 0.161. The highest BCUT2D eigenvalue weighted by molar-refractivity contribution is 7.15. The van der Waals surface area contributed by atoms with Crippen LogP contribution in [0.25, 0.3) is 27.5 Å². The summed E-state index contributed by atoms with van der Waals surface area (Å²) in [5.74, 6) is 0.879. The number of aryl methyl sites for hydroxylation is 1. The minimum Gasteiger partial charge on any atom is -0.348 e. The van der Waals surface area contributed by atoms with E-state index in [1.807, 2.05) is 37.9 Å². The Labute approximate surface area is 209 Å². The maximum absolute atomic E-state index is 12.0. The average Bonchev–Trinajstić information content (AvgIpc) is 3.58. The molecule has 0 aromatic carbocycles. The number of rotatable bonds is 6. The summed E-state index contributed by atoms with van der Waals surface area (Å²) in [6.45, 7) is 8.80.